The van der Waals surface area contributed by atoms with Crippen molar-refractivity contribution in [2.75, 3.05) is 10.8 Å². The summed E-state index contributed by atoms with van der Waals surface area (Å²) in [5.41, 5.74) is -0.280. The summed E-state index contributed by atoms with van der Waals surface area (Å²) in [6, 6.07) is 7.02. The molecule has 1 aromatic heterocycles. The van der Waals surface area contributed by atoms with E-state index in [1.807, 2.05) is 0 Å². The van der Waals surface area contributed by atoms with Crippen LogP contribution in [0.15, 0.2) is 52.4 Å². The van der Waals surface area contributed by atoms with Crippen LogP contribution in [0.25, 0.3) is 0 Å². The van der Waals surface area contributed by atoms with Crippen molar-refractivity contribution in [2.45, 2.75) is 11.8 Å². The van der Waals surface area contributed by atoms with Gasteiger partial charge in [-0.3, -0.25) is 9.10 Å². The van der Waals surface area contributed by atoms with Crippen molar-refractivity contribution in [2.24, 2.45) is 0 Å². The summed E-state index contributed by atoms with van der Waals surface area (Å²) in [6.45, 7) is 1.79. The predicted octanol–water partition coefficient (Wildman–Crippen LogP) is 1.30. The largest absolute Gasteiger partial charge is 0.508 e. The van der Waals surface area contributed by atoms with Gasteiger partial charge in [-0.15, -0.1) is 0 Å². The molecule has 106 valence electrons. The number of phenols is 1. The van der Waals surface area contributed by atoms with Crippen LogP contribution in [0.3, 0.4) is 0 Å². The highest BCUT2D eigenvalue weighted by Crippen LogP contribution is 2.24. The van der Waals surface area contributed by atoms with Crippen molar-refractivity contribution in [3.8, 4) is 5.75 Å². The number of aromatic hydroxyl groups is 1. The normalized spacial score (nSPS) is 11.2. The maximum atomic E-state index is 12.5. The fourth-order valence-electron chi connectivity index (χ4n) is 1.86. The van der Waals surface area contributed by atoms with Crippen LogP contribution in [0, 0.1) is 0 Å². The van der Waals surface area contributed by atoms with Crippen LogP contribution in [-0.4, -0.2) is 25.1 Å². The van der Waals surface area contributed by atoms with Gasteiger partial charge in [0.1, 0.15) is 5.75 Å². The number of phenolic OH excluding ortho intramolecular Hbond substituents is 1. The number of anilines is 1. The number of hydrogen-bond donors (Lipinski definition) is 2. The van der Waals surface area contributed by atoms with E-state index in [1.165, 1.54) is 24.4 Å². The fraction of sp³-hybridized carbons (Fsp3) is 0.154. The van der Waals surface area contributed by atoms with Crippen molar-refractivity contribution < 1.29 is 13.5 Å². The third-order valence-corrected chi connectivity index (χ3v) is 4.69. The Morgan fingerprint density at radius 2 is 2.05 bits per heavy atom. The second-order valence-corrected chi connectivity index (χ2v) is 5.89. The number of hydrogen-bond acceptors (Lipinski definition) is 4. The second kappa shape index (κ2) is 5.38. The fourth-order valence-corrected chi connectivity index (χ4v) is 3.37. The van der Waals surface area contributed by atoms with Crippen molar-refractivity contribution in [3.05, 3.63) is 52.9 Å². The second-order valence-electron chi connectivity index (χ2n) is 4.06. The van der Waals surface area contributed by atoms with Crippen molar-refractivity contribution in [1.82, 2.24) is 4.98 Å². The Kier molecular flexibility index (Phi) is 3.80. The lowest BCUT2D eigenvalue weighted by Gasteiger charge is -2.22. The van der Waals surface area contributed by atoms with Gasteiger partial charge in [-0.2, -0.15) is 0 Å². The summed E-state index contributed by atoms with van der Waals surface area (Å²) >= 11 is 0. The van der Waals surface area contributed by atoms with E-state index < -0.39 is 15.5 Å². The first kappa shape index (κ1) is 14.1. The van der Waals surface area contributed by atoms with Gasteiger partial charge in [0.15, 0.2) is 4.90 Å². The molecule has 20 heavy (non-hydrogen) atoms. The molecular weight excluding hydrogens is 280 g/mol. The van der Waals surface area contributed by atoms with E-state index in [0.717, 1.165) is 16.6 Å². The number of benzene rings is 1. The van der Waals surface area contributed by atoms with Crippen LogP contribution in [0.1, 0.15) is 6.92 Å². The van der Waals surface area contributed by atoms with Gasteiger partial charge >= 0.3 is 0 Å². The first-order valence-electron chi connectivity index (χ1n) is 5.95. The molecule has 0 bridgehead atoms. The lowest BCUT2D eigenvalue weighted by atomic mass is 10.3. The van der Waals surface area contributed by atoms with E-state index in [-0.39, 0.29) is 17.2 Å². The quantitative estimate of drug-likeness (QED) is 0.889. The maximum absolute atomic E-state index is 12.5. The first-order valence-corrected chi connectivity index (χ1v) is 7.39. The third kappa shape index (κ3) is 2.53. The minimum Gasteiger partial charge on any atom is -0.508 e. The Hall–Kier alpha value is -2.28. The molecule has 0 spiro atoms. The molecule has 0 fully saturated rings. The van der Waals surface area contributed by atoms with Crippen LogP contribution in [0.5, 0.6) is 5.75 Å². The number of nitrogens with one attached hydrogen (secondary N) is 1. The maximum Gasteiger partial charge on any atom is 0.269 e. The SMILES string of the molecule is CCN(c1cccc(O)c1)S(=O)(=O)c1c[nH]ccc1=O. The summed E-state index contributed by atoms with van der Waals surface area (Å²) < 4.78 is 26.1. The molecular formula is C13H14N2O4S. The van der Waals surface area contributed by atoms with Gasteiger partial charge < -0.3 is 10.1 Å². The van der Waals surface area contributed by atoms with Crippen LogP contribution in [0.2, 0.25) is 0 Å². The number of nitrogens with zero attached hydrogens (tertiary/aromatic N) is 1. The van der Waals surface area contributed by atoms with Crippen LogP contribution in [-0.2, 0) is 10.0 Å². The van der Waals surface area contributed by atoms with E-state index in [9.17, 15) is 18.3 Å². The molecule has 0 atom stereocenters. The van der Waals surface area contributed by atoms with Crippen molar-refractivity contribution in [3.63, 3.8) is 0 Å². The molecule has 0 unspecified atom stereocenters. The summed E-state index contributed by atoms with van der Waals surface area (Å²) in [4.78, 5) is 14.0. The van der Waals surface area contributed by atoms with E-state index in [4.69, 9.17) is 0 Å². The van der Waals surface area contributed by atoms with Crippen LogP contribution < -0.4 is 9.73 Å². The monoisotopic (exact) mass is 294 g/mol. The van der Waals surface area contributed by atoms with Gasteiger partial charge in [-0.25, -0.2) is 8.42 Å². The van der Waals surface area contributed by atoms with Gasteiger partial charge in [0.05, 0.1) is 5.69 Å². The first-order chi connectivity index (χ1) is 9.46. The smallest absolute Gasteiger partial charge is 0.269 e. The molecule has 0 amide bonds. The van der Waals surface area contributed by atoms with Gasteiger partial charge in [0.2, 0.25) is 5.43 Å². The van der Waals surface area contributed by atoms with Crippen LogP contribution in [0.4, 0.5) is 5.69 Å². The van der Waals surface area contributed by atoms with Crippen molar-refractivity contribution >= 4 is 15.7 Å². The van der Waals surface area contributed by atoms with Gasteiger partial charge in [0, 0.05) is 31.1 Å². The average molecular weight is 294 g/mol. The standard InChI is InChI=1S/C13H14N2O4S/c1-2-15(10-4-3-5-11(16)8-10)20(18,19)13-9-14-7-6-12(13)17/h3-9,16H,2H2,1H3,(H,14,17). The Morgan fingerprint density at radius 1 is 1.30 bits per heavy atom. The minimum absolute atomic E-state index is 0.0434. The Morgan fingerprint density at radius 3 is 2.65 bits per heavy atom. The predicted molar refractivity (Wildman–Crippen MR) is 75.4 cm³/mol. The van der Waals surface area contributed by atoms with Gasteiger partial charge in [-0.1, -0.05) is 6.07 Å². The van der Waals surface area contributed by atoms with Crippen molar-refractivity contribution in [1.29, 1.82) is 0 Å². The zero-order valence-corrected chi connectivity index (χ0v) is 11.6. The minimum atomic E-state index is -3.97. The Balaban J connectivity index is 2.57. The van der Waals surface area contributed by atoms with Gasteiger partial charge in [-0.05, 0) is 19.1 Å². The van der Waals surface area contributed by atoms with E-state index in [1.54, 1.807) is 13.0 Å². The number of pyridine rings is 1. The summed E-state index contributed by atoms with van der Waals surface area (Å²) in [6.07, 6.45) is 2.52. The molecule has 0 saturated carbocycles. The molecule has 0 saturated heterocycles. The molecule has 1 aromatic carbocycles. The molecule has 0 radical (unpaired) electrons. The lowest BCUT2D eigenvalue weighted by Crippen LogP contribution is -2.33. The summed E-state index contributed by atoms with van der Waals surface area (Å²) in [7, 11) is -3.97. The van der Waals surface area contributed by atoms with E-state index in [2.05, 4.69) is 4.98 Å². The summed E-state index contributed by atoms with van der Waals surface area (Å²) in [5, 5.41) is 9.46. The number of aromatic nitrogens is 1. The average Bonchev–Trinajstić information content (AvgIpc) is 2.39. The molecule has 2 rings (SSSR count). The molecule has 7 heteroatoms. The molecule has 1 heterocycles. The van der Waals surface area contributed by atoms with Crippen LogP contribution >= 0.6 is 0 Å². The molecule has 0 aliphatic heterocycles. The molecule has 6 nitrogen and oxygen atoms in total. The molecule has 2 aromatic rings. The van der Waals surface area contributed by atoms with E-state index >= 15 is 0 Å². The topological polar surface area (TPSA) is 90.5 Å². The highest BCUT2D eigenvalue weighted by atomic mass is 32.2. The zero-order chi connectivity index (χ0) is 14.8. The molecule has 0 aliphatic carbocycles. The zero-order valence-electron chi connectivity index (χ0n) is 10.8. The highest BCUT2D eigenvalue weighted by Gasteiger charge is 2.26. The Bertz CT molecular complexity index is 768. The number of aromatic amines is 1. The molecule has 0 aliphatic rings. The Labute approximate surface area is 116 Å². The summed E-state index contributed by atoms with van der Waals surface area (Å²) in [5.74, 6) is -0.0434. The lowest BCUT2D eigenvalue weighted by molar-refractivity contribution is 0.475. The number of rotatable bonds is 4. The van der Waals surface area contributed by atoms with E-state index in [0.29, 0.717) is 5.69 Å². The molecule has 2 N–H and O–H groups in total. The van der Waals surface area contributed by atoms with Gasteiger partial charge in [0.25, 0.3) is 10.0 Å². The number of sulfonamides is 1. The highest BCUT2D eigenvalue weighted by molar-refractivity contribution is 7.92. The number of H-pyrrole nitrogens is 1. The third-order valence-electron chi connectivity index (χ3n) is 2.76.